The van der Waals surface area contributed by atoms with Crippen molar-refractivity contribution in [2.75, 3.05) is 6.61 Å². The molecule has 0 heterocycles. The molecule has 4 nitrogen and oxygen atoms in total. The zero-order chi connectivity index (χ0) is 16.9. The molecule has 0 aliphatic rings. The number of ether oxygens (including phenoxy) is 1. The van der Waals surface area contributed by atoms with Gasteiger partial charge in [-0.15, -0.1) is 0 Å². The van der Waals surface area contributed by atoms with Gasteiger partial charge in [0.05, 0.1) is 0 Å². The fourth-order valence-corrected chi connectivity index (χ4v) is 7.01. The molecule has 2 rings (SSSR count). The predicted molar refractivity (Wildman–Crippen MR) is 90.5 cm³/mol. The molecule has 0 bridgehead atoms. The Balaban J connectivity index is 2.51. The molecule has 0 radical (unpaired) electrons. The Bertz CT molecular complexity index is 760. The van der Waals surface area contributed by atoms with E-state index in [9.17, 15) is 13.2 Å². The van der Waals surface area contributed by atoms with E-state index in [-0.39, 0.29) is 11.5 Å². The van der Waals surface area contributed by atoms with Crippen molar-refractivity contribution in [3.63, 3.8) is 0 Å². The van der Waals surface area contributed by atoms with Crippen molar-refractivity contribution in [1.82, 2.24) is 0 Å². The van der Waals surface area contributed by atoms with Crippen LogP contribution in [0.15, 0.2) is 65.6 Å². The van der Waals surface area contributed by atoms with Crippen molar-refractivity contribution in [2.24, 2.45) is 0 Å². The van der Waals surface area contributed by atoms with Crippen molar-refractivity contribution in [1.29, 1.82) is 0 Å². The third-order valence-corrected chi connectivity index (χ3v) is 9.40. The van der Waals surface area contributed by atoms with Crippen LogP contribution in [0.3, 0.4) is 0 Å². The predicted octanol–water partition coefficient (Wildman–Crippen LogP) is 1.77. The second-order valence-electron chi connectivity index (χ2n) is 4.90. The Labute approximate surface area is 142 Å². The van der Waals surface area contributed by atoms with E-state index >= 15 is 0 Å². The normalized spacial score (nSPS) is 14.0. The first-order valence-corrected chi connectivity index (χ1v) is 10.3. The quantitative estimate of drug-likeness (QED) is 0.551. The molecule has 0 saturated carbocycles. The summed E-state index contributed by atoms with van der Waals surface area (Å²) >= 11 is -0.630. The molecule has 122 valence electrons. The van der Waals surface area contributed by atoms with Gasteiger partial charge in [0.15, 0.2) is 0 Å². The van der Waals surface area contributed by atoms with Crippen LogP contribution in [0, 0.1) is 0 Å². The summed E-state index contributed by atoms with van der Waals surface area (Å²) in [6.07, 6.45) is 0. The molecule has 23 heavy (non-hydrogen) atoms. The Hall–Kier alpha value is -1.62. The monoisotopic (exact) mass is 398 g/mol. The van der Waals surface area contributed by atoms with E-state index in [0.29, 0.717) is 0 Å². The Morgan fingerprint density at radius 3 is 2.09 bits per heavy atom. The van der Waals surface area contributed by atoms with Crippen LogP contribution >= 0.6 is 0 Å². The molecular formula is C17H18O4SSe. The molecule has 0 aliphatic carbocycles. The van der Waals surface area contributed by atoms with Crippen LogP contribution in [0.4, 0.5) is 0 Å². The van der Waals surface area contributed by atoms with E-state index in [1.165, 1.54) is 19.1 Å². The van der Waals surface area contributed by atoms with Gasteiger partial charge in [-0.2, -0.15) is 0 Å². The van der Waals surface area contributed by atoms with Gasteiger partial charge in [-0.1, -0.05) is 0 Å². The number of hydrogen-bond donors (Lipinski definition) is 0. The first kappa shape index (κ1) is 17.7. The molecule has 0 N–H and O–H groups in total. The Kier molecular flexibility index (Phi) is 5.63. The maximum atomic E-state index is 13.1. The van der Waals surface area contributed by atoms with Crippen molar-refractivity contribution in [2.45, 2.75) is 22.4 Å². The second-order valence-corrected chi connectivity index (χ2v) is 10.9. The van der Waals surface area contributed by atoms with E-state index in [0.717, 1.165) is 4.46 Å². The molecular weight excluding hydrogens is 379 g/mol. The van der Waals surface area contributed by atoms with Crippen LogP contribution < -0.4 is 4.46 Å². The first-order chi connectivity index (χ1) is 10.9. The number of carbonyl (C=O) groups excluding carboxylic acids is 1. The molecule has 2 aromatic carbocycles. The van der Waals surface area contributed by atoms with Gasteiger partial charge < -0.3 is 0 Å². The Morgan fingerprint density at radius 1 is 1.04 bits per heavy atom. The van der Waals surface area contributed by atoms with Gasteiger partial charge in [-0.3, -0.25) is 0 Å². The molecule has 0 saturated heterocycles. The van der Waals surface area contributed by atoms with Gasteiger partial charge >= 0.3 is 143 Å². The third-order valence-electron chi connectivity index (χ3n) is 3.27. The van der Waals surface area contributed by atoms with Crippen LogP contribution in [0.25, 0.3) is 0 Å². The summed E-state index contributed by atoms with van der Waals surface area (Å²) < 4.78 is 30.5. The second kappa shape index (κ2) is 7.30. The Morgan fingerprint density at radius 2 is 1.57 bits per heavy atom. The summed E-state index contributed by atoms with van der Waals surface area (Å²) in [7, 11) is -3.87. The maximum absolute atomic E-state index is 13.1. The zero-order valence-corrected chi connectivity index (χ0v) is 15.5. The third kappa shape index (κ3) is 3.66. The van der Waals surface area contributed by atoms with Crippen molar-refractivity contribution in [3.8, 4) is 0 Å². The van der Waals surface area contributed by atoms with Crippen LogP contribution in [0.2, 0.25) is 0 Å². The molecule has 1 unspecified atom stereocenters. The van der Waals surface area contributed by atoms with E-state index in [4.69, 9.17) is 4.74 Å². The zero-order valence-electron chi connectivity index (χ0n) is 12.9. The van der Waals surface area contributed by atoms with E-state index in [1.54, 1.807) is 25.1 Å². The van der Waals surface area contributed by atoms with Crippen LogP contribution in [-0.4, -0.2) is 39.6 Å². The molecule has 0 aromatic heterocycles. The van der Waals surface area contributed by atoms with Gasteiger partial charge in [-0.05, 0) is 0 Å². The standard InChI is InChI=1S/C17H18O4SSe/c1-3-21-16(18)17(2,23-15-12-8-5-9-13-15)22(19,20)14-10-6-4-7-11-14/h4-13H,3H2,1-2H3. The van der Waals surface area contributed by atoms with Gasteiger partial charge in [0.2, 0.25) is 0 Å². The number of rotatable bonds is 6. The number of benzene rings is 2. The number of sulfone groups is 1. The topological polar surface area (TPSA) is 60.4 Å². The molecule has 2 aromatic rings. The SMILES string of the molecule is CCOC(=O)C(C)([Se]c1ccccc1)S(=O)(=O)c1ccccc1. The number of esters is 1. The van der Waals surface area contributed by atoms with Crippen LogP contribution in [0.1, 0.15) is 13.8 Å². The number of carbonyl (C=O) groups is 1. The van der Waals surface area contributed by atoms with Gasteiger partial charge in [0.1, 0.15) is 0 Å². The summed E-state index contributed by atoms with van der Waals surface area (Å²) in [4.78, 5) is 12.6. The molecule has 0 fully saturated rings. The molecule has 6 heteroatoms. The van der Waals surface area contributed by atoms with Gasteiger partial charge in [0, 0.05) is 0 Å². The minimum absolute atomic E-state index is 0.133. The average Bonchev–Trinajstić information content (AvgIpc) is 2.56. The van der Waals surface area contributed by atoms with Crippen LogP contribution in [-0.2, 0) is 19.4 Å². The fraction of sp³-hybridized carbons (Fsp3) is 0.235. The number of hydrogen-bond acceptors (Lipinski definition) is 4. The van der Waals surface area contributed by atoms with E-state index < -0.39 is 34.4 Å². The molecule has 0 spiro atoms. The molecule has 0 amide bonds. The summed E-state index contributed by atoms with van der Waals surface area (Å²) in [5, 5.41) is 0. The summed E-state index contributed by atoms with van der Waals surface area (Å²) in [6, 6.07) is 17.2. The summed E-state index contributed by atoms with van der Waals surface area (Å²) in [5.41, 5.74) is 0. The van der Waals surface area contributed by atoms with Crippen molar-refractivity contribution in [3.05, 3.63) is 60.7 Å². The molecule has 0 aliphatic heterocycles. The summed E-state index contributed by atoms with van der Waals surface area (Å²) in [5.74, 6) is -0.701. The minimum atomic E-state index is -3.87. The van der Waals surface area contributed by atoms with E-state index in [1.807, 2.05) is 30.3 Å². The fourth-order valence-electron chi connectivity index (χ4n) is 2.01. The van der Waals surface area contributed by atoms with Gasteiger partial charge in [-0.25, -0.2) is 0 Å². The first-order valence-electron chi connectivity index (χ1n) is 7.13. The molecule has 1 atom stereocenters. The summed E-state index contributed by atoms with van der Waals surface area (Å²) in [6.45, 7) is 3.27. The average molecular weight is 397 g/mol. The van der Waals surface area contributed by atoms with E-state index in [2.05, 4.69) is 0 Å². The van der Waals surface area contributed by atoms with Crippen LogP contribution in [0.5, 0.6) is 0 Å². The van der Waals surface area contributed by atoms with Crippen molar-refractivity contribution >= 4 is 35.2 Å². The van der Waals surface area contributed by atoms with Gasteiger partial charge in [0.25, 0.3) is 0 Å². The van der Waals surface area contributed by atoms with Crippen molar-refractivity contribution < 1.29 is 17.9 Å².